The summed E-state index contributed by atoms with van der Waals surface area (Å²) in [5.41, 5.74) is 7.63. The van der Waals surface area contributed by atoms with E-state index in [9.17, 15) is 0 Å². The summed E-state index contributed by atoms with van der Waals surface area (Å²) in [5.74, 6) is 7.95. The molecule has 0 radical (unpaired) electrons. The summed E-state index contributed by atoms with van der Waals surface area (Å²) in [5, 5.41) is 0. The van der Waals surface area contributed by atoms with Gasteiger partial charge in [0, 0.05) is 12.0 Å². The van der Waals surface area contributed by atoms with Crippen LogP contribution in [0.5, 0.6) is 5.75 Å². The lowest BCUT2D eigenvalue weighted by Gasteiger charge is -2.05. The number of rotatable bonds is 4. The summed E-state index contributed by atoms with van der Waals surface area (Å²) in [4.78, 5) is 4.52. The van der Waals surface area contributed by atoms with Crippen LogP contribution in [-0.4, -0.2) is 16.8 Å². The standard InChI is InChI=1S/C13H17BrN4O/c1-3-4-11-17-12(13(15)18(11)16)8-5-6-10(19-2)9(14)7-8/h5-7H,3-4,15-16H2,1-2H3. The average molecular weight is 325 g/mol. The van der Waals surface area contributed by atoms with Gasteiger partial charge in [0.2, 0.25) is 0 Å². The van der Waals surface area contributed by atoms with Gasteiger partial charge >= 0.3 is 0 Å². The van der Waals surface area contributed by atoms with E-state index in [0.29, 0.717) is 11.5 Å². The molecule has 2 rings (SSSR count). The summed E-state index contributed by atoms with van der Waals surface area (Å²) in [6.45, 7) is 2.08. The zero-order chi connectivity index (χ0) is 14.0. The van der Waals surface area contributed by atoms with E-state index in [2.05, 4.69) is 27.8 Å². The first-order valence-corrected chi connectivity index (χ1v) is 6.83. The zero-order valence-corrected chi connectivity index (χ0v) is 12.6. The van der Waals surface area contributed by atoms with E-state index in [1.807, 2.05) is 18.2 Å². The number of nitrogens with zero attached hydrogens (tertiary/aromatic N) is 2. The maximum Gasteiger partial charge on any atom is 0.150 e. The molecule has 5 nitrogen and oxygen atoms in total. The molecule has 0 aliphatic carbocycles. The third kappa shape index (κ3) is 2.53. The highest BCUT2D eigenvalue weighted by molar-refractivity contribution is 9.10. The number of hydrogen-bond acceptors (Lipinski definition) is 4. The normalized spacial score (nSPS) is 10.7. The van der Waals surface area contributed by atoms with Crippen molar-refractivity contribution in [2.75, 3.05) is 18.7 Å². The van der Waals surface area contributed by atoms with Crippen molar-refractivity contribution >= 4 is 21.7 Å². The van der Waals surface area contributed by atoms with Gasteiger partial charge in [0.05, 0.1) is 11.6 Å². The second-order valence-corrected chi connectivity index (χ2v) is 5.09. The minimum atomic E-state index is 0.473. The maximum absolute atomic E-state index is 6.02. The quantitative estimate of drug-likeness (QED) is 0.847. The zero-order valence-electron chi connectivity index (χ0n) is 11.0. The summed E-state index contributed by atoms with van der Waals surface area (Å²) < 4.78 is 7.52. The lowest BCUT2D eigenvalue weighted by atomic mass is 10.1. The summed E-state index contributed by atoms with van der Waals surface area (Å²) in [6, 6.07) is 5.71. The second kappa shape index (κ2) is 5.52. The molecule has 0 unspecified atom stereocenters. The lowest BCUT2D eigenvalue weighted by molar-refractivity contribution is 0.412. The molecule has 19 heavy (non-hydrogen) atoms. The smallest absolute Gasteiger partial charge is 0.150 e. The van der Waals surface area contributed by atoms with Gasteiger partial charge in [0.25, 0.3) is 0 Å². The number of benzene rings is 1. The Morgan fingerprint density at radius 3 is 2.74 bits per heavy atom. The molecule has 0 aliphatic rings. The number of halogens is 1. The van der Waals surface area contributed by atoms with Gasteiger partial charge in [-0.1, -0.05) is 6.92 Å². The number of aromatic nitrogens is 2. The minimum absolute atomic E-state index is 0.473. The molecule has 0 amide bonds. The first-order valence-electron chi connectivity index (χ1n) is 6.04. The second-order valence-electron chi connectivity index (χ2n) is 4.23. The molecule has 0 fully saturated rings. The van der Waals surface area contributed by atoms with E-state index in [1.165, 1.54) is 4.68 Å². The fourth-order valence-electron chi connectivity index (χ4n) is 1.92. The van der Waals surface area contributed by atoms with Crippen molar-refractivity contribution in [3.63, 3.8) is 0 Å². The third-order valence-corrected chi connectivity index (χ3v) is 3.54. The van der Waals surface area contributed by atoms with Crippen LogP contribution in [0.1, 0.15) is 19.2 Å². The van der Waals surface area contributed by atoms with E-state index in [-0.39, 0.29) is 0 Å². The van der Waals surface area contributed by atoms with Crippen molar-refractivity contribution in [1.82, 2.24) is 9.66 Å². The van der Waals surface area contributed by atoms with Crippen molar-refractivity contribution in [3.8, 4) is 17.0 Å². The third-order valence-electron chi connectivity index (χ3n) is 2.92. The van der Waals surface area contributed by atoms with Crippen LogP contribution in [0.25, 0.3) is 11.3 Å². The molecule has 0 spiro atoms. The molecule has 0 saturated carbocycles. The molecule has 0 aliphatic heterocycles. The van der Waals surface area contributed by atoms with Crippen LogP contribution in [0, 0.1) is 0 Å². The topological polar surface area (TPSA) is 79.1 Å². The molecule has 0 bridgehead atoms. The predicted molar refractivity (Wildman–Crippen MR) is 80.5 cm³/mol. The highest BCUT2D eigenvalue weighted by atomic mass is 79.9. The molecule has 102 valence electrons. The van der Waals surface area contributed by atoms with Gasteiger partial charge in [-0.05, 0) is 40.5 Å². The van der Waals surface area contributed by atoms with E-state index in [4.69, 9.17) is 16.3 Å². The van der Waals surface area contributed by atoms with Gasteiger partial charge in [-0.2, -0.15) is 0 Å². The van der Waals surface area contributed by atoms with Crippen LogP contribution in [-0.2, 0) is 6.42 Å². The number of imidazole rings is 1. The summed E-state index contributed by atoms with van der Waals surface area (Å²) in [7, 11) is 1.63. The first-order chi connectivity index (χ1) is 9.08. The summed E-state index contributed by atoms with van der Waals surface area (Å²) in [6.07, 6.45) is 1.78. The fourth-order valence-corrected chi connectivity index (χ4v) is 2.46. The summed E-state index contributed by atoms with van der Waals surface area (Å²) >= 11 is 3.45. The van der Waals surface area contributed by atoms with Crippen LogP contribution in [0.15, 0.2) is 22.7 Å². The molecule has 1 aromatic carbocycles. The Balaban J connectivity index is 2.47. The SMILES string of the molecule is CCCc1nc(-c2ccc(OC)c(Br)c2)c(N)n1N. The van der Waals surface area contributed by atoms with Gasteiger partial charge in [-0.25, -0.2) is 9.66 Å². The minimum Gasteiger partial charge on any atom is -0.496 e. The molecule has 1 aromatic heterocycles. The van der Waals surface area contributed by atoms with Crippen LogP contribution < -0.4 is 16.3 Å². The lowest BCUT2D eigenvalue weighted by Crippen LogP contribution is -2.15. The highest BCUT2D eigenvalue weighted by Gasteiger charge is 2.15. The molecule has 2 aromatic rings. The monoisotopic (exact) mass is 324 g/mol. The number of ether oxygens (including phenoxy) is 1. The first kappa shape index (κ1) is 13.7. The Kier molecular flexibility index (Phi) is 3.99. The molecule has 6 heteroatoms. The van der Waals surface area contributed by atoms with Gasteiger partial charge in [-0.3, -0.25) is 0 Å². The van der Waals surface area contributed by atoms with Gasteiger partial charge in [0.15, 0.2) is 5.82 Å². The van der Waals surface area contributed by atoms with Crippen molar-refractivity contribution in [2.45, 2.75) is 19.8 Å². The van der Waals surface area contributed by atoms with Crippen molar-refractivity contribution in [1.29, 1.82) is 0 Å². The number of anilines is 1. The van der Waals surface area contributed by atoms with Crippen LogP contribution in [0.4, 0.5) is 5.82 Å². The number of methoxy groups -OCH3 is 1. The van der Waals surface area contributed by atoms with E-state index in [1.54, 1.807) is 7.11 Å². The maximum atomic E-state index is 6.02. The Morgan fingerprint density at radius 2 is 2.16 bits per heavy atom. The molecule has 1 heterocycles. The number of hydrogen-bond donors (Lipinski definition) is 2. The van der Waals surface area contributed by atoms with Crippen molar-refractivity contribution < 1.29 is 4.74 Å². The number of aryl methyl sites for hydroxylation is 1. The Bertz CT molecular complexity index is 595. The largest absolute Gasteiger partial charge is 0.496 e. The van der Waals surface area contributed by atoms with Crippen molar-refractivity contribution in [3.05, 3.63) is 28.5 Å². The molecule has 4 N–H and O–H groups in total. The van der Waals surface area contributed by atoms with Crippen LogP contribution in [0.3, 0.4) is 0 Å². The Hall–Kier alpha value is -1.69. The average Bonchev–Trinajstić information content (AvgIpc) is 2.67. The van der Waals surface area contributed by atoms with Crippen LogP contribution >= 0.6 is 15.9 Å². The number of nitrogen functional groups attached to an aromatic ring is 2. The Morgan fingerprint density at radius 1 is 1.42 bits per heavy atom. The van der Waals surface area contributed by atoms with Crippen molar-refractivity contribution in [2.24, 2.45) is 0 Å². The Labute approximate surface area is 120 Å². The van der Waals surface area contributed by atoms with Gasteiger partial charge in [0.1, 0.15) is 17.3 Å². The number of nitrogens with two attached hydrogens (primary N) is 2. The van der Waals surface area contributed by atoms with E-state index in [0.717, 1.165) is 34.5 Å². The molecule has 0 atom stereocenters. The highest BCUT2D eigenvalue weighted by Crippen LogP contribution is 2.32. The van der Waals surface area contributed by atoms with Gasteiger partial charge < -0.3 is 16.3 Å². The molecular formula is C13H17BrN4O. The van der Waals surface area contributed by atoms with Gasteiger partial charge in [-0.15, -0.1) is 0 Å². The predicted octanol–water partition coefficient (Wildman–Crippen LogP) is 2.57. The molecule has 0 saturated heterocycles. The fraction of sp³-hybridized carbons (Fsp3) is 0.308. The molecular weight excluding hydrogens is 308 g/mol. The van der Waals surface area contributed by atoms with Crippen LogP contribution in [0.2, 0.25) is 0 Å². The van der Waals surface area contributed by atoms with E-state index < -0.39 is 0 Å². The van der Waals surface area contributed by atoms with E-state index >= 15 is 0 Å².